The summed E-state index contributed by atoms with van der Waals surface area (Å²) in [6, 6.07) is 31.2. The zero-order valence-corrected chi connectivity index (χ0v) is 19.3. The summed E-state index contributed by atoms with van der Waals surface area (Å²) in [5.74, 6) is 2.02. The van der Waals surface area contributed by atoms with E-state index in [0.717, 1.165) is 16.7 Å². The third-order valence-corrected chi connectivity index (χ3v) is 5.26. The fourth-order valence-electron chi connectivity index (χ4n) is 3.46. The smallest absolute Gasteiger partial charge is 0.187 e. The summed E-state index contributed by atoms with van der Waals surface area (Å²) in [6.07, 6.45) is 0. The van der Waals surface area contributed by atoms with E-state index in [1.165, 1.54) is 0 Å². The SMILES string of the molecule is [C-]#[N+]c1ccc(OCc2cc(COc3ccc(C#N)cc3)cc(COc3ccc(C#N)cc3)c2)cc1. The van der Waals surface area contributed by atoms with Gasteiger partial charge in [0.05, 0.1) is 29.8 Å². The van der Waals surface area contributed by atoms with Gasteiger partial charge in [-0.05, 0) is 95.6 Å². The Morgan fingerprint density at radius 3 is 1.19 bits per heavy atom. The van der Waals surface area contributed by atoms with Gasteiger partial charge in [-0.15, -0.1) is 0 Å². The minimum absolute atomic E-state index is 0.337. The Balaban J connectivity index is 1.48. The van der Waals surface area contributed by atoms with E-state index in [1.54, 1.807) is 72.8 Å². The summed E-state index contributed by atoms with van der Waals surface area (Å²) in [5, 5.41) is 17.9. The van der Waals surface area contributed by atoms with Gasteiger partial charge in [0.1, 0.15) is 37.1 Å². The second kappa shape index (κ2) is 11.7. The summed E-state index contributed by atoms with van der Waals surface area (Å²) in [4.78, 5) is 3.40. The van der Waals surface area contributed by atoms with Crippen molar-refractivity contribution in [3.05, 3.63) is 130 Å². The molecular formula is C30H21N3O3. The molecule has 6 nitrogen and oxygen atoms in total. The van der Waals surface area contributed by atoms with E-state index in [2.05, 4.69) is 17.0 Å². The van der Waals surface area contributed by atoms with Crippen molar-refractivity contribution in [2.75, 3.05) is 0 Å². The summed E-state index contributed by atoms with van der Waals surface area (Å²) < 4.78 is 17.8. The molecule has 0 amide bonds. The third kappa shape index (κ3) is 6.64. The second-order valence-corrected chi connectivity index (χ2v) is 7.90. The van der Waals surface area contributed by atoms with Gasteiger partial charge in [-0.25, -0.2) is 4.85 Å². The summed E-state index contributed by atoms with van der Waals surface area (Å²) in [5.41, 5.74) is 4.56. The monoisotopic (exact) mass is 471 g/mol. The lowest BCUT2D eigenvalue weighted by atomic mass is 10.1. The van der Waals surface area contributed by atoms with E-state index >= 15 is 0 Å². The molecule has 0 unspecified atom stereocenters. The van der Waals surface area contributed by atoms with Crippen LogP contribution in [0.4, 0.5) is 5.69 Å². The van der Waals surface area contributed by atoms with Gasteiger partial charge in [0.25, 0.3) is 0 Å². The van der Waals surface area contributed by atoms with Crippen molar-refractivity contribution in [3.63, 3.8) is 0 Å². The molecule has 0 saturated heterocycles. The summed E-state index contributed by atoms with van der Waals surface area (Å²) in [7, 11) is 0. The molecule has 0 radical (unpaired) electrons. The van der Waals surface area contributed by atoms with Crippen molar-refractivity contribution in [3.8, 4) is 29.4 Å². The fraction of sp³-hybridized carbons (Fsp3) is 0.100. The van der Waals surface area contributed by atoms with Crippen LogP contribution in [0.3, 0.4) is 0 Å². The molecule has 0 N–H and O–H groups in total. The zero-order chi connectivity index (χ0) is 25.2. The van der Waals surface area contributed by atoms with Crippen molar-refractivity contribution in [2.45, 2.75) is 19.8 Å². The van der Waals surface area contributed by atoms with E-state index in [1.807, 2.05) is 18.2 Å². The maximum atomic E-state index is 8.97. The third-order valence-electron chi connectivity index (χ3n) is 5.26. The number of ether oxygens (including phenoxy) is 3. The Morgan fingerprint density at radius 2 is 0.889 bits per heavy atom. The molecule has 0 bridgehead atoms. The van der Waals surface area contributed by atoms with Crippen LogP contribution < -0.4 is 14.2 Å². The van der Waals surface area contributed by atoms with Crippen molar-refractivity contribution in [1.82, 2.24) is 0 Å². The fourth-order valence-corrected chi connectivity index (χ4v) is 3.46. The van der Waals surface area contributed by atoms with Crippen LogP contribution in [0.1, 0.15) is 27.8 Å². The quantitative estimate of drug-likeness (QED) is 0.253. The van der Waals surface area contributed by atoms with Crippen LogP contribution in [0.2, 0.25) is 0 Å². The van der Waals surface area contributed by atoms with Crippen molar-refractivity contribution in [1.29, 1.82) is 10.5 Å². The molecule has 0 spiro atoms. The highest BCUT2D eigenvalue weighted by Crippen LogP contribution is 2.22. The Kier molecular flexibility index (Phi) is 7.80. The van der Waals surface area contributed by atoms with Gasteiger partial charge in [0.2, 0.25) is 0 Å². The number of nitrogens with zero attached hydrogens (tertiary/aromatic N) is 3. The minimum Gasteiger partial charge on any atom is -0.489 e. The maximum absolute atomic E-state index is 8.97. The molecule has 174 valence electrons. The Bertz CT molecular complexity index is 1250. The number of hydrogen-bond donors (Lipinski definition) is 0. The molecule has 4 rings (SSSR count). The van der Waals surface area contributed by atoms with E-state index in [-0.39, 0.29) is 0 Å². The van der Waals surface area contributed by atoms with Crippen molar-refractivity contribution < 1.29 is 14.2 Å². The van der Waals surface area contributed by atoms with Crippen LogP contribution in [0.25, 0.3) is 4.85 Å². The van der Waals surface area contributed by atoms with Gasteiger partial charge in [0, 0.05) is 0 Å². The van der Waals surface area contributed by atoms with Crippen molar-refractivity contribution in [2.24, 2.45) is 0 Å². The van der Waals surface area contributed by atoms with Crippen molar-refractivity contribution >= 4 is 5.69 Å². The van der Waals surface area contributed by atoms with Gasteiger partial charge in [-0.1, -0.05) is 12.1 Å². The molecule has 0 saturated carbocycles. The zero-order valence-electron chi connectivity index (χ0n) is 19.3. The van der Waals surface area contributed by atoms with Gasteiger partial charge in [-0.2, -0.15) is 10.5 Å². The van der Waals surface area contributed by atoms with E-state index in [9.17, 15) is 0 Å². The highest BCUT2D eigenvalue weighted by Gasteiger charge is 2.06. The molecule has 6 heteroatoms. The normalized spacial score (nSPS) is 9.92. The van der Waals surface area contributed by atoms with Crippen LogP contribution in [0.15, 0.2) is 91.0 Å². The van der Waals surface area contributed by atoms with E-state index in [0.29, 0.717) is 53.9 Å². The van der Waals surface area contributed by atoms with Gasteiger partial charge in [-0.3, -0.25) is 0 Å². The molecule has 0 heterocycles. The maximum Gasteiger partial charge on any atom is 0.187 e. The molecule has 0 aliphatic heterocycles. The average Bonchev–Trinajstić information content (AvgIpc) is 2.94. The predicted molar refractivity (Wildman–Crippen MR) is 134 cm³/mol. The minimum atomic E-state index is 0.337. The standard InChI is InChI=1S/C30H21N3O3/c1-33-27-6-12-30(13-7-27)36-21-26-15-24(19-34-28-8-2-22(17-31)3-9-28)14-25(16-26)20-35-29-10-4-23(18-32)5-11-29/h2-16H,19-21H2. The van der Waals surface area contributed by atoms with Crippen LogP contribution in [0.5, 0.6) is 17.2 Å². The molecule has 0 atom stereocenters. The second-order valence-electron chi connectivity index (χ2n) is 7.90. The topological polar surface area (TPSA) is 79.6 Å². The molecule has 4 aromatic rings. The number of benzene rings is 4. The summed E-state index contributed by atoms with van der Waals surface area (Å²) >= 11 is 0. The highest BCUT2D eigenvalue weighted by molar-refractivity contribution is 5.47. The molecule has 0 aliphatic rings. The molecule has 0 aromatic heterocycles. The van der Waals surface area contributed by atoms with Gasteiger partial charge >= 0.3 is 0 Å². The first-order valence-corrected chi connectivity index (χ1v) is 11.1. The number of rotatable bonds is 9. The molecule has 4 aromatic carbocycles. The molecule has 0 fully saturated rings. The average molecular weight is 472 g/mol. The van der Waals surface area contributed by atoms with Crippen LogP contribution in [-0.2, 0) is 19.8 Å². The van der Waals surface area contributed by atoms with Crippen LogP contribution in [-0.4, -0.2) is 0 Å². The van der Waals surface area contributed by atoms with Gasteiger partial charge < -0.3 is 14.2 Å². The summed E-state index contributed by atoms with van der Waals surface area (Å²) in [6.45, 7) is 8.09. The first-order chi connectivity index (χ1) is 17.6. The lowest BCUT2D eigenvalue weighted by Crippen LogP contribution is -2.04. The number of nitriles is 2. The Morgan fingerprint density at radius 1 is 0.556 bits per heavy atom. The Labute approximate surface area is 210 Å². The molecular weight excluding hydrogens is 450 g/mol. The highest BCUT2D eigenvalue weighted by atomic mass is 16.5. The predicted octanol–water partition coefficient (Wildman–Crippen LogP) is 6.72. The lowest BCUT2D eigenvalue weighted by Gasteiger charge is -2.13. The number of hydrogen-bond acceptors (Lipinski definition) is 5. The van der Waals surface area contributed by atoms with Gasteiger partial charge in [0.15, 0.2) is 5.69 Å². The van der Waals surface area contributed by atoms with E-state index < -0.39 is 0 Å². The molecule has 36 heavy (non-hydrogen) atoms. The molecule has 0 aliphatic carbocycles. The first-order valence-electron chi connectivity index (χ1n) is 11.1. The van der Waals surface area contributed by atoms with Crippen LogP contribution in [0, 0.1) is 29.2 Å². The van der Waals surface area contributed by atoms with E-state index in [4.69, 9.17) is 31.3 Å². The largest absolute Gasteiger partial charge is 0.489 e. The Hall–Kier alpha value is -5.25. The van der Waals surface area contributed by atoms with Crippen LogP contribution >= 0.6 is 0 Å². The first kappa shape index (κ1) is 23.9. The lowest BCUT2D eigenvalue weighted by molar-refractivity contribution is 0.293.